The fourth-order valence-electron chi connectivity index (χ4n) is 1.37. The number of hydrogen-bond donors (Lipinski definition) is 0. The van der Waals surface area contributed by atoms with Crippen molar-refractivity contribution in [2.24, 2.45) is 0 Å². The molecule has 0 aromatic rings. The molecule has 0 atom stereocenters. The zero-order valence-electron chi connectivity index (χ0n) is 12.7. The molecule has 0 radical (unpaired) electrons. The molecule has 0 aliphatic carbocycles. The van der Waals surface area contributed by atoms with Crippen LogP contribution in [0.5, 0.6) is 0 Å². The lowest BCUT2D eigenvalue weighted by Crippen LogP contribution is -2.10. The maximum absolute atomic E-state index is 11.1. The highest BCUT2D eigenvalue weighted by atomic mass is 32.2. The number of esters is 1. The summed E-state index contributed by atoms with van der Waals surface area (Å²) in [5.74, 6) is -0.0458. The second-order valence-electron chi connectivity index (χ2n) is 4.80. The Labute approximate surface area is 116 Å². The van der Waals surface area contributed by atoms with Gasteiger partial charge in [-0.3, -0.25) is 4.79 Å². The number of unbranched alkanes of at least 4 members (excludes halogenated alkanes) is 5. The Balaban J connectivity index is 0. The fraction of sp³-hybridized carbons (Fsp3) is 0.929. The van der Waals surface area contributed by atoms with Crippen molar-refractivity contribution < 1.29 is 14.1 Å². The zero-order chi connectivity index (χ0) is 14.4. The zero-order valence-corrected chi connectivity index (χ0v) is 13.5. The van der Waals surface area contributed by atoms with Gasteiger partial charge in [0.1, 0.15) is 0 Å². The van der Waals surface area contributed by atoms with E-state index in [0.717, 1.165) is 12.8 Å². The smallest absolute Gasteiger partial charge is 0.306 e. The molecule has 3 nitrogen and oxygen atoms in total. The Kier molecular flexibility index (Phi) is 16.6. The van der Waals surface area contributed by atoms with Gasteiger partial charge in [0, 0.05) is 6.42 Å². The third-order valence-corrected chi connectivity index (χ3v) is 2.10. The number of carbonyl (C=O) groups excluding carboxylic acids is 1. The summed E-state index contributed by atoms with van der Waals surface area (Å²) in [6.45, 7) is 5.98. The van der Waals surface area contributed by atoms with Crippen molar-refractivity contribution in [3.63, 3.8) is 0 Å². The summed E-state index contributed by atoms with van der Waals surface area (Å²) < 4.78 is 14.6. The Hall–Kier alpha value is -0.220. The molecule has 0 heterocycles. The maximum Gasteiger partial charge on any atom is 0.306 e. The van der Waals surface area contributed by atoms with Gasteiger partial charge >= 0.3 is 5.97 Å². The first-order valence-electron chi connectivity index (χ1n) is 6.84. The summed E-state index contributed by atoms with van der Waals surface area (Å²) in [5, 5.41) is 0. The molecule has 0 bridgehead atoms. The molecule has 0 fully saturated rings. The highest BCUT2D eigenvalue weighted by Gasteiger charge is 2.04. The number of carbonyl (C=O) groups is 1. The molecule has 0 saturated heterocycles. The predicted molar refractivity (Wildman–Crippen MR) is 79.2 cm³/mol. The van der Waals surface area contributed by atoms with Gasteiger partial charge in [-0.25, -0.2) is 0 Å². The highest BCUT2D eigenvalue weighted by Crippen LogP contribution is 2.07. The van der Waals surface area contributed by atoms with Gasteiger partial charge in [0.25, 0.3) is 0 Å². The van der Waals surface area contributed by atoms with E-state index in [1.807, 2.05) is 13.8 Å². The standard InChI is InChI=1S/C12H24O2.C2H6OS/c1-4-5-6-7-8-9-10-12(13)14-11(2)3;1-4(2)3/h11H,4-10H2,1-3H3;1-2H3. The molecular weight excluding hydrogens is 248 g/mol. The third-order valence-electron chi connectivity index (χ3n) is 2.10. The first-order chi connectivity index (χ1) is 8.40. The molecule has 0 amide bonds. The van der Waals surface area contributed by atoms with Crippen LogP contribution in [0.1, 0.15) is 65.7 Å². The van der Waals surface area contributed by atoms with Gasteiger partial charge in [-0.15, -0.1) is 0 Å². The van der Waals surface area contributed by atoms with E-state index in [-0.39, 0.29) is 12.1 Å². The molecule has 0 spiro atoms. The van der Waals surface area contributed by atoms with Crippen molar-refractivity contribution in [1.29, 1.82) is 0 Å². The van der Waals surface area contributed by atoms with Crippen molar-refractivity contribution in [1.82, 2.24) is 0 Å². The van der Waals surface area contributed by atoms with Crippen LogP contribution in [0.3, 0.4) is 0 Å². The monoisotopic (exact) mass is 278 g/mol. The van der Waals surface area contributed by atoms with Crippen LogP contribution >= 0.6 is 0 Å². The van der Waals surface area contributed by atoms with E-state index in [1.54, 1.807) is 12.5 Å². The Morgan fingerprint density at radius 2 is 1.56 bits per heavy atom. The summed E-state index contributed by atoms with van der Waals surface area (Å²) in [5.41, 5.74) is 0. The first kappa shape index (κ1) is 20.1. The summed E-state index contributed by atoms with van der Waals surface area (Å²) in [7, 11) is 0. The average Bonchev–Trinajstić information content (AvgIpc) is 2.21. The van der Waals surface area contributed by atoms with Crippen LogP contribution in [0.4, 0.5) is 0 Å². The van der Waals surface area contributed by atoms with Crippen LogP contribution in [-0.4, -0.2) is 29.1 Å². The van der Waals surface area contributed by atoms with Crippen LogP contribution in [0.2, 0.25) is 0 Å². The predicted octanol–water partition coefficient (Wildman–Crippen LogP) is 3.68. The maximum atomic E-state index is 11.1. The molecule has 0 aromatic heterocycles. The molecule has 0 saturated carbocycles. The number of hydrogen-bond acceptors (Lipinski definition) is 3. The van der Waals surface area contributed by atoms with Crippen LogP contribution in [0.15, 0.2) is 0 Å². The van der Waals surface area contributed by atoms with Crippen molar-refractivity contribution >= 4 is 17.1 Å². The Bertz CT molecular complexity index is 179. The van der Waals surface area contributed by atoms with E-state index < -0.39 is 11.2 Å². The van der Waals surface area contributed by atoms with Crippen molar-refractivity contribution in [2.45, 2.75) is 71.8 Å². The SMILES string of the molecule is CCCCCCCCC(=O)OC(C)C.C[S+](C)[O-]. The van der Waals surface area contributed by atoms with E-state index >= 15 is 0 Å². The van der Waals surface area contributed by atoms with E-state index in [2.05, 4.69) is 6.92 Å². The van der Waals surface area contributed by atoms with Gasteiger partial charge in [-0.1, -0.05) is 50.2 Å². The van der Waals surface area contributed by atoms with Crippen molar-refractivity contribution in [3.05, 3.63) is 0 Å². The molecule has 0 aliphatic heterocycles. The normalized spacial score (nSPS) is 10.2. The van der Waals surface area contributed by atoms with Gasteiger partial charge in [0.2, 0.25) is 0 Å². The second kappa shape index (κ2) is 14.8. The van der Waals surface area contributed by atoms with E-state index in [1.165, 1.54) is 25.7 Å². The highest BCUT2D eigenvalue weighted by molar-refractivity contribution is 7.89. The Morgan fingerprint density at radius 3 is 2.00 bits per heavy atom. The molecule has 0 rings (SSSR count). The second-order valence-corrected chi connectivity index (χ2v) is 6.28. The third kappa shape index (κ3) is 24.8. The van der Waals surface area contributed by atoms with Gasteiger partial charge < -0.3 is 9.29 Å². The number of rotatable bonds is 8. The lowest BCUT2D eigenvalue weighted by atomic mass is 10.1. The fourth-order valence-corrected chi connectivity index (χ4v) is 1.37. The van der Waals surface area contributed by atoms with E-state index in [0.29, 0.717) is 6.42 Å². The summed E-state index contributed by atoms with van der Waals surface area (Å²) in [4.78, 5) is 11.1. The minimum atomic E-state index is -0.611. The van der Waals surface area contributed by atoms with Gasteiger partial charge in [-0.2, -0.15) is 0 Å². The number of ether oxygens (including phenoxy) is 1. The summed E-state index contributed by atoms with van der Waals surface area (Å²) in [6, 6.07) is 0. The van der Waals surface area contributed by atoms with E-state index in [4.69, 9.17) is 4.74 Å². The first-order valence-corrected chi connectivity index (χ1v) is 8.81. The van der Waals surface area contributed by atoms with Crippen LogP contribution in [-0.2, 0) is 20.7 Å². The van der Waals surface area contributed by atoms with E-state index in [9.17, 15) is 9.35 Å². The molecule has 0 N–H and O–H groups in total. The minimum Gasteiger partial charge on any atom is -0.617 e. The average molecular weight is 278 g/mol. The molecule has 0 aliphatic rings. The molecule has 18 heavy (non-hydrogen) atoms. The minimum absolute atomic E-state index is 0.0302. The Morgan fingerprint density at radius 1 is 1.11 bits per heavy atom. The largest absolute Gasteiger partial charge is 0.617 e. The van der Waals surface area contributed by atoms with Crippen molar-refractivity contribution in [3.8, 4) is 0 Å². The lowest BCUT2D eigenvalue weighted by Gasteiger charge is -2.07. The molecule has 110 valence electrons. The molecular formula is C14H30O3S. The topological polar surface area (TPSA) is 49.4 Å². The van der Waals surface area contributed by atoms with Crippen molar-refractivity contribution in [2.75, 3.05) is 12.5 Å². The lowest BCUT2D eigenvalue weighted by molar-refractivity contribution is -0.147. The molecule has 4 heteroatoms. The van der Waals surface area contributed by atoms with Gasteiger partial charge in [-0.05, 0) is 20.3 Å². The summed E-state index contributed by atoms with van der Waals surface area (Å²) in [6.07, 6.45) is 11.2. The molecule has 0 aromatic carbocycles. The summed E-state index contributed by atoms with van der Waals surface area (Å²) >= 11 is -0.611. The van der Waals surface area contributed by atoms with Crippen LogP contribution in [0.25, 0.3) is 0 Å². The van der Waals surface area contributed by atoms with Gasteiger partial charge in [0.05, 0.1) is 18.6 Å². The molecule has 0 unspecified atom stereocenters. The quantitative estimate of drug-likeness (QED) is 0.386. The van der Waals surface area contributed by atoms with Crippen LogP contribution in [0, 0.1) is 0 Å². The van der Waals surface area contributed by atoms with Crippen LogP contribution < -0.4 is 0 Å². The van der Waals surface area contributed by atoms with Gasteiger partial charge in [0.15, 0.2) is 0 Å².